The standard InChI is InChI=1S/C20H37N5O5S/c1-13(2)23-17(27)11-14(19(29)22-9-8-21)24-16(26)7-5-4-6-10-31-15-12-18(28)25(3)20(15)30/h13-15,20,30H,4-12,21H2,1-3H3,(H,22,29)(H,23,27)(H,24,26). The van der Waals surface area contributed by atoms with Crippen LogP contribution in [0.2, 0.25) is 0 Å². The Morgan fingerprint density at radius 1 is 1.19 bits per heavy atom. The highest BCUT2D eigenvalue weighted by molar-refractivity contribution is 8.00. The fourth-order valence-electron chi connectivity index (χ4n) is 3.12. The van der Waals surface area contributed by atoms with Gasteiger partial charge >= 0.3 is 0 Å². The van der Waals surface area contributed by atoms with Crippen molar-refractivity contribution < 1.29 is 24.3 Å². The number of amides is 4. The van der Waals surface area contributed by atoms with Gasteiger partial charge in [-0.05, 0) is 32.4 Å². The highest BCUT2D eigenvalue weighted by Crippen LogP contribution is 2.28. The normalized spacial score (nSPS) is 19.4. The summed E-state index contributed by atoms with van der Waals surface area (Å²) >= 11 is 1.57. The molecule has 1 heterocycles. The summed E-state index contributed by atoms with van der Waals surface area (Å²) in [5.41, 5.74) is 5.40. The molecule has 0 aliphatic carbocycles. The van der Waals surface area contributed by atoms with Gasteiger partial charge in [0.25, 0.3) is 0 Å². The zero-order chi connectivity index (χ0) is 23.4. The molecule has 11 heteroatoms. The van der Waals surface area contributed by atoms with Gasteiger partial charge < -0.3 is 31.7 Å². The van der Waals surface area contributed by atoms with Crippen molar-refractivity contribution in [2.24, 2.45) is 5.73 Å². The molecule has 0 spiro atoms. The molecule has 3 atom stereocenters. The van der Waals surface area contributed by atoms with Crippen molar-refractivity contribution in [1.82, 2.24) is 20.9 Å². The Morgan fingerprint density at radius 3 is 2.48 bits per heavy atom. The summed E-state index contributed by atoms with van der Waals surface area (Å²) in [5.74, 6) is -0.267. The van der Waals surface area contributed by atoms with Crippen LogP contribution in [-0.2, 0) is 19.2 Å². The molecule has 1 rings (SSSR count). The van der Waals surface area contributed by atoms with Crippen molar-refractivity contribution in [1.29, 1.82) is 0 Å². The second-order valence-corrected chi connectivity index (χ2v) is 9.32. The first-order chi connectivity index (χ1) is 14.6. The van der Waals surface area contributed by atoms with E-state index in [9.17, 15) is 24.3 Å². The van der Waals surface area contributed by atoms with Crippen LogP contribution in [0.1, 0.15) is 52.4 Å². The number of unbranched alkanes of at least 4 members (excludes halogenated alkanes) is 2. The monoisotopic (exact) mass is 459 g/mol. The number of aliphatic hydroxyl groups excluding tert-OH is 1. The predicted octanol–water partition coefficient (Wildman–Crippen LogP) is -0.696. The summed E-state index contributed by atoms with van der Waals surface area (Å²) in [4.78, 5) is 49.5. The van der Waals surface area contributed by atoms with Crippen LogP contribution in [-0.4, -0.2) is 83.1 Å². The lowest BCUT2D eigenvalue weighted by Crippen LogP contribution is -2.50. The topological polar surface area (TPSA) is 154 Å². The highest BCUT2D eigenvalue weighted by atomic mass is 32.2. The van der Waals surface area contributed by atoms with E-state index in [-0.39, 0.29) is 54.9 Å². The Balaban J connectivity index is 2.32. The molecule has 0 saturated carbocycles. The van der Waals surface area contributed by atoms with Crippen LogP contribution >= 0.6 is 11.8 Å². The average Bonchev–Trinajstić information content (AvgIpc) is 2.94. The van der Waals surface area contributed by atoms with Gasteiger partial charge in [0.2, 0.25) is 23.6 Å². The quantitative estimate of drug-likeness (QED) is 0.215. The van der Waals surface area contributed by atoms with Crippen LogP contribution < -0.4 is 21.7 Å². The molecule has 1 aliphatic rings. The lowest BCUT2D eigenvalue weighted by atomic mass is 10.1. The van der Waals surface area contributed by atoms with Crippen molar-refractivity contribution >= 4 is 35.4 Å². The van der Waals surface area contributed by atoms with E-state index in [0.29, 0.717) is 12.8 Å². The number of carbonyl (C=O) groups is 4. The zero-order valence-corrected chi connectivity index (χ0v) is 19.5. The Hall–Kier alpha value is -1.85. The largest absolute Gasteiger partial charge is 0.372 e. The van der Waals surface area contributed by atoms with Gasteiger partial charge in [0.15, 0.2) is 0 Å². The number of likely N-dealkylation sites (tertiary alicyclic amines) is 1. The Bertz CT molecular complexity index is 619. The number of thioether (sulfide) groups is 1. The maximum Gasteiger partial charge on any atom is 0.243 e. The lowest BCUT2D eigenvalue weighted by molar-refractivity contribution is -0.132. The first-order valence-corrected chi connectivity index (χ1v) is 11.8. The van der Waals surface area contributed by atoms with Crippen LogP contribution in [0.25, 0.3) is 0 Å². The molecular formula is C20H37N5O5S. The fraction of sp³-hybridized carbons (Fsp3) is 0.800. The van der Waals surface area contributed by atoms with Crippen LogP contribution in [0, 0.1) is 0 Å². The number of aliphatic hydroxyl groups is 1. The van der Waals surface area contributed by atoms with Gasteiger partial charge in [0, 0.05) is 39.0 Å². The Morgan fingerprint density at radius 2 is 1.90 bits per heavy atom. The molecule has 1 saturated heterocycles. The third-order valence-electron chi connectivity index (χ3n) is 4.81. The van der Waals surface area contributed by atoms with Gasteiger partial charge in [-0.2, -0.15) is 11.8 Å². The van der Waals surface area contributed by atoms with Crippen molar-refractivity contribution in [3.05, 3.63) is 0 Å². The fourth-order valence-corrected chi connectivity index (χ4v) is 4.41. The second kappa shape index (κ2) is 14.3. The molecule has 4 amide bonds. The molecule has 0 aromatic heterocycles. The summed E-state index contributed by atoms with van der Waals surface area (Å²) in [6.45, 7) is 4.18. The minimum atomic E-state index is -0.938. The number of hydrogen-bond donors (Lipinski definition) is 5. The molecule has 1 aliphatic heterocycles. The van der Waals surface area contributed by atoms with E-state index in [1.54, 1.807) is 18.8 Å². The highest BCUT2D eigenvalue weighted by Gasteiger charge is 2.36. The smallest absolute Gasteiger partial charge is 0.243 e. The summed E-state index contributed by atoms with van der Waals surface area (Å²) in [6, 6.07) is -0.996. The third kappa shape index (κ3) is 10.3. The first-order valence-electron chi connectivity index (χ1n) is 10.8. The van der Waals surface area contributed by atoms with E-state index in [2.05, 4.69) is 16.0 Å². The van der Waals surface area contributed by atoms with E-state index in [4.69, 9.17) is 5.73 Å². The Kier molecular flexibility index (Phi) is 12.5. The lowest BCUT2D eigenvalue weighted by Gasteiger charge is -2.19. The summed E-state index contributed by atoms with van der Waals surface area (Å²) in [5, 5.41) is 17.8. The molecule has 31 heavy (non-hydrogen) atoms. The molecule has 0 bridgehead atoms. The summed E-state index contributed by atoms with van der Waals surface area (Å²) in [7, 11) is 1.60. The van der Waals surface area contributed by atoms with Crippen LogP contribution in [0.3, 0.4) is 0 Å². The number of carbonyl (C=O) groups excluding carboxylic acids is 4. The Labute approximate surface area is 188 Å². The molecule has 6 N–H and O–H groups in total. The van der Waals surface area contributed by atoms with E-state index >= 15 is 0 Å². The number of hydrogen-bond acceptors (Lipinski definition) is 7. The van der Waals surface area contributed by atoms with Crippen molar-refractivity contribution in [2.45, 2.75) is 75.9 Å². The van der Waals surface area contributed by atoms with Gasteiger partial charge in [-0.1, -0.05) is 6.42 Å². The number of nitrogens with zero attached hydrogens (tertiary/aromatic N) is 1. The van der Waals surface area contributed by atoms with Crippen molar-refractivity contribution in [3.63, 3.8) is 0 Å². The molecule has 1 fully saturated rings. The minimum Gasteiger partial charge on any atom is -0.372 e. The van der Waals surface area contributed by atoms with Crippen LogP contribution in [0.5, 0.6) is 0 Å². The molecule has 0 radical (unpaired) electrons. The third-order valence-corrected chi connectivity index (χ3v) is 6.18. The van der Waals surface area contributed by atoms with Crippen LogP contribution in [0.15, 0.2) is 0 Å². The van der Waals surface area contributed by atoms with E-state index in [0.717, 1.165) is 18.6 Å². The zero-order valence-electron chi connectivity index (χ0n) is 18.7. The number of nitrogens with one attached hydrogen (secondary N) is 3. The number of nitrogens with two attached hydrogens (primary N) is 1. The van der Waals surface area contributed by atoms with Crippen molar-refractivity contribution in [3.8, 4) is 0 Å². The van der Waals surface area contributed by atoms with Gasteiger partial charge in [-0.15, -0.1) is 0 Å². The summed E-state index contributed by atoms with van der Waals surface area (Å²) in [6.07, 6.45) is 2.05. The van der Waals surface area contributed by atoms with Gasteiger partial charge in [0.05, 0.1) is 11.7 Å². The average molecular weight is 460 g/mol. The van der Waals surface area contributed by atoms with E-state index in [1.165, 1.54) is 4.90 Å². The minimum absolute atomic E-state index is 0.0474. The maximum atomic E-state index is 12.3. The number of rotatable bonds is 14. The van der Waals surface area contributed by atoms with E-state index < -0.39 is 18.2 Å². The van der Waals surface area contributed by atoms with Gasteiger partial charge in [0.1, 0.15) is 12.3 Å². The molecule has 0 aromatic carbocycles. The molecule has 178 valence electrons. The van der Waals surface area contributed by atoms with E-state index in [1.807, 2.05) is 13.8 Å². The summed E-state index contributed by atoms with van der Waals surface area (Å²) < 4.78 is 0. The van der Waals surface area contributed by atoms with Gasteiger partial charge in [-0.25, -0.2) is 0 Å². The molecular weight excluding hydrogens is 422 g/mol. The van der Waals surface area contributed by atoms with Crippen molar-refractivity contribution in [2.75, 3.05) is 25.9 Å². The molecule has 10 nitrogen and oxygen atoms in total. The van der Waals surface area contributed by atoms with Crippen LogP contribution in [0.4, 0.5) is 0 Å². The van der Waals surface area contributed by atoms with Gasteiger partial charge in [-0.3, -0.25) is 19.2 Å². The molecule has 3 unspecified atom stereocenters. The molecule has 0 aromatic rings. The maximum absolute atomic E-state index is 12.3. The second-order valence-electron chi connectivity index (χ2n) is 7.97. The predicted molar refractivity (Wildman–Crippen MR) is 120 cm³/mol. The SMILES string of the molecule is CC(C)NC(=O)CC(NC(=O)CCCCCSC1CC(=O)N(C)C1O)C(=O)NCCN. The first kappa shape index (κ1) is 27.2.